The fourth-order valence-corrected chi connectivity index (χ4v) is 3.42. The normalized spacial score (nSPS) is 11.5. The molecule has 3 nitrogen and oxygen atoms in total. The summed E-state index contributed by atoms with van der Waals surface area (Å²) >= 11 is 0. The van der Waals surface area contributed by atoms with Crippen LogP contribution in [-0.4, -0.2) is 21.3 Å². The minimum atomic E-state index is 0.110. The van der Waals surface area contributed by atoms with Gasteiger partial charge >= 0.3 is 0 Å². The number of hydrogen-bond acceptors (Lipinski definition) is 2. The summed E-state index contributed by atoms with van der Waals surface area (Å²) in [4.78, 5) is 4.77. The van der Waals surface area contributed by atoms with Crippen LogP contribution < -0.4 is 0 Å². The number of nitrogens with zero attached hydrogens (tertiary/aromatic N) is 2. The molecule has 0 spiro atoms. The molecule has 0 radical (unpaired) electrons. The van der Waals surface area contributed by atoms with Gasteiger partial charge in [0.15, 0.2) is 0 Å². The van der Waals surface area contributed by atoms with E-state index in [2.05, 4.69) is 73.0 Å². The van der Waals surface area contributed by atoms with Gasteiger partial charge in [0.1, 0.15) is 5.82 Å². The number of aryl methyl sites for hydroxylation is 2. The molecule has 1 N–H and O–H groups in total. The van der Waals surface area contributed by atoms with Crippen molar-refractivity contribution in [2.45, 2.75) is 26.8 Å². The summed E-state index contributed by atoms with van der Waals surface area (Å²) < 4.78 is 2.24. The number of aromatic nitrogens is 2. The number of rotatable bonds is 4. The van der Waals surface area contributed by atoms with Crippen molar-refractivity contribution in [1.29, 1.82) is 0 Å². The number of fused-ring (bicyclic) bond motifs is 2. The Hall–Kier alpha value is -2.65. The van der Waals surface area contributed by atoms with Crippen molar-refractivity contribution in [3.05, 3.63) is 77.1 Å². The van der Waals surface area contributed by atoms with Gasteiger partial charge in [0.05, 0.1) is 17.6 Å². The van der Waals surface area contributed by atoms with Crippen LogP contribution in [0.1, 0.15) is 22.5 Å². The van der Waals surface area contributed by atoms with Crippen LogP contribution in [0.15, 0.2) is 54.6 Å². The Morgan fingerprint density at radius 1 is 0.920 bits per heavy atom. The van der Waals surface area contributed by atoms with Crippen molar-refractivity contribution >= 4 is 21.8 Å². The summed E-state index contributed by atoms with van der Waals surface area (Å²) in [6.45, 7) is 5.12. The second-order valence-electron chi connectivity index (χ2n) is 6.69. The van der Waals surface area contributed by atoms with Crippen LogP contribution in [0.3, 0.4) is 0 Å². The predicted octanol–water partition coefficient (Wildman–Crippen LogP) is 4.39. The molecule has 0 saturated heterocycles. The third-order valence-corrected chi connectivity index (χ3v) is 4.93. The first-order valence-electron chi connectivity index (χ1n) is 8.70. The Labute approximate surface area is 147 Å². The van der Waals surface area contributed by atoms with Crippen molar-refractivity contribution in [2.24, 2.45) is 0 Å². The molecule has 0 atom stereocenters. The maximum Gasteiger partial charge on any atom is 0.112 e. The topological polar surface area (TPSA) is 38.1 Å². The highest BCUT2D eigenvalue weighted by molar-refractivity contribution is 5.83. The Morgan fingerprint density at radius 3 is 2.48 bits per heavy atom. The molecule has 0 fully saturated rings. The summed E-state index contributed by atoms with van der Waals surface area (Å²) in [6, 6.07) is 19.4. The molecule has 3 aromatic carbocycles. The molecule has 0 saturated carbocycles. The smallest absolute Gasteiger partial charge is 0.112 e. The summed E-state index contributed by atoms with van der Waals surface area (Å²) in [5.41, 5.74) is 5.91. The lowest BCUT2D eigenvalue weighted by atomic mass is 10.1. The Morgan fingerprint density at radius 2 is 1.68 bits per heavy atom. The molecular weight excluding hydrogens is 308 g/mol. The van der Waals surface area contributed by atoms with E-state index < -0.39 is 0 Å². The SMILES string of the molecule is Cc1cc2nc(CCO)n(Cc3ccc4ccccc4c3)c2cc1C. The summed E-state index contributed by atoms with van der Waals surface area (Å²) in [5, 5.41) is 11.9. The molecule has 126 valence electrons. The standard InChI is InChI=1S/C22H22N2O/c1-15-11-20-21(12-16(15)2)24(22(23-20)9-10-25)14-17-7-8-18-5-3-4-6-19(18)13-17/h3-8,11-13,25H,9-10,14H2,1-2H3. The number of hydrogen-bond donors (Lipinski definition) is 1. The molecule has 25 heavy (non-hydrogen) atoms. The quantitative estimate of drug-likeness (QED) is 0.603. The van der Waals surface area contributed by atoms with Crippen molar-refractivity contribution < 1.29 is 5.11 Å². The second-order valence-corrected chi connectivity index (χ2v) is 6.69. The second kappa shape index (κ2) is 6.34. The fraction of sp³-hybridized carbons (Fsp3) is 0.227. The maximum absolute atomic E-state index is 9.43. The average Bonchev–Trinajstić information content (AvgIpc) is 2.92. The summed E-state index contributed by atoms with van der Waals surface area (Å²) in [6.07, 6.45) is 0.570. The van der Waals surface area contributed by atoms with Crippen molar-refractivity contribution in [3.8, 4) is 0 Å². The Kier molecular flexibility index (Phi) is 4.02. The lowest BCUT2D eigenvalue weighted by Gasteiger charge is -2.11. The Balaban J connectivity index is 1.83. The molecule has 4 aromatic rings. The molecule has 0 unspecified atom stereocenters. The van der Waals surface area contributed by atoms with Crippen molar-refractivity contribution in [3.63, 3.8) is 0 Å². The van der Waals surface area contributed by atoms with E-state index in [0.717, 1.165) is 23.4 Å². The van der Waals surface area contributed by atoms with E-state index in [0.29, 0.717) is 6.42 Å². The molecule has 0 aliphatic heterocycles. The monoisotopic (exact) mass is 330 g/mol. The zero-order valence-corrected chi connectivity index (χ0v) is 14.7. The van der Waals surface area contributed by atoms with Crippen LogP contribution in [0.25, 0.3) is 21.8 Å². The number of aliphatic hydroxyl groups excluding tert-OH is 1. The van der Waals surface area contributed by atoms with Crippen LogP contribution in [0.2, 0.25) is 0 Å². The van der Waals surface area contributed by atoms with Crippen molar-refractivity contribution in [1.82, 2.24) is 9.55 Å². The van der Waals surface area contributed by atoms with Crippen LogP contribution in [0.4, 0.5) is 0 Å². The molecule has 4 rings (SSSR count). The van der Waals surface area contributed by atoms with Gasteiger partial charge in [-0.25, -0.2) is 4.98 Å². The number of benzene rings is 3. The highest BCUT2D eigenvalue weighted by Gasteiger charge is 2.12. The van der Waals surface area contributed by atoms with Crippen LogP contribution in [-0.2, 0) is 13.0 Å². The lowest BCUT2D eigenvalue weighted by Crippen LogP contribution is -2.07. The highest BCUT2D eigenvalue weighted by atomic mass is 16.3. The largest absolute Gasteiger partial charge is 0.396 e. The van der Waals surface area contributed by atoms with E-state index in [-0.39, 0.29) is 6.61 Å². The maximum atomic E-state index is 9.43. The van der Waals surface area contributed by atoms with Crippen molar-refractivity contribution in [2.75, 3.05) is 6.61 Å². The highest BCUT2D eigenvalue weighted by Crippen LogP contribution is 2.23. The van der Waals surface area contributed by atoms with Gasteiger partial charge in [-0.05, 0) is 59.5 Å². The van der Waals surface area contributed by atoms with E-state index in [9.17, 15) is 5.11 Å². The van der Waals surface area contributed by atoms with Gasteiger partial charge in [-0.15, -0.1) is 0 Å². The molecule has 0 amide bonds. The first kappa shape index (κ1) is 15.9. The molecule has 0 aliphatic rings. The van der Waals surface area contributed by atoms with Gasteiger partial charge in [-0.3, -0.25) is 0 Å². The molecule has 1 heterocycles. The summed E-state index contributed by atoms with van der Waals surface area (Å²) in [5.74, 6) is 0.940. The zero-order valence-electron chi connectivity index (χ0n) is 14.7. The third kappa shape index (κ3) is 2.92. The Bertz CT molecular complexity index is 1060. The van der Waals surface area contributed by atoms with E-state index in [4.69, 9.17) is 4.98 Å². The van der Waals surface area contributed by atoms with E-state index >= 15 is 0 Å². The van der Waals surface area contributed by atoms with Gasteiger partial charge in [-0.1, -0.05) is 36.4 Å². The predicted molar refractivity (Wildman–Crippen MR) is 103 cm³/mol. The third-order valence-electron chi connectivity index (χ3n) is 4.93. The number of aliphatic hydroxyl groups is 1. The molecule has 3 heteroatoms. The van der Waals surface area contributed by atoms with Gasteiger partial charge in [0, 0.05) is 13.0 Å². The van der Waals surface area contributed by atoms with Crippen LogP contribution in [0.5, 0.6) is 0 Å². The molecule has 1 aromatic heterocycles. The van der Waals surface area contributed by atoms with Crippen LogP contribution in [0, 0.1) is 13.8 Å². The fourth-order valence-electron chi connectivity index (χ4n) is 3.42. The van der Waals surface area contributed by atoms with Gasteiger partial charge in [0.25, 0.3) is 0 Å². The van der Waals surface area contributed by atoms with E-state index in [1.807, 2.05) is 0 Å². The van der Waals surface area contributed by atoms with Gasteiger partial charge in [0.2, 0.25) is 0 Å². The van der Waals surface area contributed by atoms with Gasteiger partial charge < -0.3 is 9.67 Å². The first-order chi connectivity index (χ1) is 12.2. The van der Waals surface area contributed by atoms with E-state index in [1.165, 1.54) is 27.5 Å². The molecule has 0 bridgehead atoms. The van der Waals surface area contributed by atoms with E-state index in [1.54, 1.807) is 0 Å². The minimum absolute atomic E-state index is 0.110. The molecular formula is C22H22N2O. The van der Waals surface area contributed by atoms with Crippen LogP contribution >= 0.6 is 0 Å². The molecule has 0 aliphatic carbocycles. The van der Waals surface area contributed by atoms with Gasteiger partial charge in [-0.2, -0.15) is 0 Å². The minimum Gasteiger partial charge on any atom is -0.396 e. The summed E-state index contributed by atoms with van der Waals surface area (Å²) in [7, 11) is 0. The average molecular weight is 330 g/mol. The zero-order chi connectivity index (χ0) is 17.4. The number of imidazole rings is 1. The lowest BCUT2D eigenvalue weighted by molar-refractivity contribution is 0.295. The first-order valence-corrected chi connectivity index (χ1v) is 8.70.